The number of benzene rings is 2. The van der Waals surface area contributed by atoms with E-state index in [2.05, 4.69) is 33.8 Å². The summed E-state index contributed by atoms with van der Waals surface area (Å²) in [5.41, 5.74) is 2.83. The third-order valence-electron chi connectivity index (χ3n) is 5.65. The number of anilines is 1. The van der Waals surface area contributed by atoms with Gasteiger partial charge in [-0.2, -0.15) is 0 Å². The molecule has 1 aliphatic rings. The molecule has 6 nitrogen and oxygen atoms in total. The Morgan fingerprint density at radius 3 is 2.66 bits per heavy atom. The van der Waals surface area contributed by atoms with Crippen LogP contribution in [0.2, 0.25) is 0 Å². The van der Waals surface area contributed by atoms with Crippen LogP contribution in [0.1, 0.15) is 17.3 Å². The maximum atomic E-state index is 13.0. The van der Waals surface area contributed by atoms with Crippen LogP contribution in [0, 0.1) is 0 Å². The third-order valence-corrected chi connectivity index (χ3v) is 5.65. The molecule has 2 heterocycles. The fourth-order valence-corrected chi connectivity index (χ4v) is 4.10. The maximum Gasteiger partial charge on any atom is 0.178 e. The van der Waals surface area contributed by atoms with Crippen molar-refractivity contribution in [3.05, 3.63) is 54.2 Å². The number of nitrogens with zero attached hydrogens (tertiary/aromatic N) is 2. The molecule has 0 unspecified atom stereocenters. The number of carbonyl (C=O) groups is 1. The highest BCUT2D eigenvalue weighted by atomic mass is 16.5. The van der Waals surface area contributed by atoms with Crippen LogP contribution in [0.5, 0.6) is 11.5 Å². The minimum atomic E-state index is 0.131. The number of hydrogen-bond donors (Lipinski definition) is 1. The van der Waals surface area contributed by atoms with Crippen LogP contribution in [0.15, 0.2) is 48.7 Å². The zero-order valence-corrected chi connectivity index (χ0v) is 17.1. The molecule has 29 heavy (non-hydrogen) atoms. The molecule has 3 aromatic rings. The molecule has 0 saturated carbocycles. The molecule has 1 saturated heterocycles. The Balaban J connectivity index is 1.44. The van der Waals surface area contributed by atoms with Gasteiger partial charge in [0.05, 0.1) is 20.8 Å². The average Bonchev–Trinajstić information content (AvgIpc) is 3.17. The van der Waals surface area contributed by atoms with Crippen LogP contribution >= 0.6 is 0 Å². The predicted octanol–water partition coefficient (Wildman–Crippen LogP) is 3.58. The van der Waals surface area contributed by atoms with Gasteiger partial charge in [0.2, 0.25) is 0 Å². The van der Waals surface area contributed by atoms with Gasteiger partial charge in [-0.1, -0.05) is 6.07 Å². The molecule has 1 atom stereocenters. The quantitative estimate of drug-likeness (QED) is 0.649. The fraction of sp³-hybridized carbons (Fsp3) is 0.348. The molecule has 152 valence electrons. The molecule has 0 aliphatic carbocycles. The van der Waals surface area contributed by atoms with Crippen molar-refractivity contribution in [2.45, 2.75) is 13.0 Å². The molecule has 1 aliphatic heterocycles. The molecule has 4 rings (SSSR count). The van der Waals surface area contributed by atoms with Crippen LogP contribution in [-0.4, -0.2) is 62.1 Å². The Morgan fingerprint density at radius 1 is 1.10 bits per heavy atom. The van der Waals surface area contributed by atoms with Crippen molar-refractivity contribution in [3.8, 4) is 11.5 Å². The number of piperazine rings is 1. The highest BCUT2D eigenvalue weighted by Gasteiger charge is 2.26. The summed E-state index contributed by atoms with van der Waals surface area (Å²) in [7, 11) is 3.32. The van der Waals surface area contributed by atoms with Crippen LogP contribution in [0.25, 0.3) is 10.9 Å². The number of nitrogens with one attached hydrogen (secondary N) is 1. The zero-order chi connectivity index (χ0) is 20.4. The normalized spacial score (nSPS) is 17.5. The summed E-state index contributed by atoms with van der Waals surface area (Å²) in [6.45, 7) is 5.18. The number of ketones is 1. The van der Waals surface area contributed by atoms with E-state index < -0.39 is 0 Å². The Kier molecular flexibility index (Phi) is 5.45. The highest BCUT2D eigenvalue weighted by molar-refractivity contribution is 6.09. The Labute approximate surface area is 171 Å². The van der Waals surface area contributed by atoms with Crippen LogP contribution < -0.4 is 14.4 Å². The van der Waals surface area contributed by atoms with Gasteiger partial charge in [-0.25, -0.2) is 0 Å². The summed E-state index contributed by atoms with van der Waals surface area (Å²) in [5.74, 6) is 1.75. The van der Waals surface area contributed by atoms with Gasteiger partial charge >= 0.3 is 0 Å². The summed E-state index contributed by atoms with van der Waals surface area (Å²) in [6.07, 6.45) is 1.81. The molecule has 0 radical (unpaired) electrons. The number of Topliss-reactive ketones (excluding diaryl/α,β-unsaturated/α-hetero) is 1. The minimum Gasteiger partial charge on any atom is -0.497 e. The van der Waals surface area contributed by atoms with Gasteiger partial charge in [0.1, 0.15) is 11.5 Å². The van der Waals surface area contributed by atoms with Crippen molar-refractivity contribution >= 4 is 22.4 Å². The number of rotatable bonds is 6. The molecule has 0 bridgehead atoms. The second-order valence-corrected chi connectivity index (χ2v) is 7.52. The number of aromatic amines is 1. The van der Waals surface area contributed by atoms with E-state index in [1.54, 1.807) is 14.2 Å². The first kappa shape index (κ1) is 19.3. The molecule has 0 spiro atoms. The van der Waals surface area contributed by atoms with E-state index in [-0.39, 0.29) is 5.78 Å². The molecular formula is C23H27N3O3. The number of carbonyl (C=O) groups excluding carboxylic acids is 1. The minimum absolute atomic E-state index is 0.131. The Hall–Kier alpha value is -2.99. The van der Waals surface area contributed by atoms with E-state index in [1.807, 2.05) is 36.5 Å². The van der Waals surface area contributed by atoms with Gasteiger partial charge in [0.15, 0.2) is 5.78 Å². The van der Waals surface area contributed by atoms with E-state index in [4.69, 9.17) is 9.47 Å². The standard InChI is InChI=1S/C23H27N3O3/c1-16-14-25(9-10-26(16)17-5-4-6-18(11-17)28-2)15-23(27)21-13-24-22-8-7-19(29-3)12-20(21)22/h4-8,11-13,16,24H,9-10,14-15H2,1-3H3/t16-/m0/s1. The molecule has 6 heteroatoms. The maximum absolute atomic E-state index is 13.0. The molecule has 1 N–H and O–H groups in total. The predicted molar refractivity (Wildman–Crippen MR) is 115 cm³/mol. The second-order valence-electron chi connectivity index (χ2n) is 7.52. The topological polar surface area (TPSA) is 57.8 Å². The lowest BCUT2D eigenvalue weighted by Crippen LogP contribution is -2.53. The number of fused-ring (bicyclic) bond motifs is 1. The second kappa shape index (κ2) is 8.17. The summed E-state index contributed by atoms with van der Waals surface area (Å²) in [6, 6.07) is 14.2. The van der Waals surface area contributed by atoms with Crippen molar-refractivity contribution in [3.63, 3.8) is 0 Å². The highest BCUT2D eigenvalue weighted by Crippen LogP contribution is 2.26. The zero-order valence-electron chi connectivity index (χ0n) is 17.1. The van der Waals surface area contributed by atoms with Gasteiger partial charge in [0, 0.05) is 60.1 Å². The largest absolute Gasteiger partial charge is 0.497 e. The van der Waals surface area contributed by atoms with Crippen LogP contribution in [0.3, 0.4) is 0 Å². The first-order chi connectivity index (χ1) is 14.1. The first-order valence-electron chi connectivity index (χ1n) is 9.90. The van der Waals surface area contributed by atoms with Gasteiger partial charge in [-0.05, 0) is 37.3 Å². The lowest BCUT2D eigenvalue weighted by Gasteiger charge is -2.41. The lowest BCUT2D eigenvalue weighted by atomic mass is 10.1. The lowest BCUT2D eigenvalue weighted by molar-refractivity contribution is 0.0919. The number of hydrogen-bond acceptors (Lipinski definition) is 5. The molecule has 2 aromatic carbocycles. The SMILES string of the molecule is COc1cccc(N2CCN(CC(=O)c3c[nH]c4ccc(OC)cc34)C[C@@H]2C)c1. The molecule has 1 aromatic heterocycles. The molecular weight excluding hydrogens is 366 g/mol. The third kappa shape index (κ3) is 3.93. The van der Waals surface area contributed by atoms with Gasteiger partial charge in [-0.3, -0.25) is 9.69 Å². The van der Waals surface area contributed by atoms with E-state index in [0.717, 1.165) is 53.3 Å². The molecule has 0 amide bonds. The van der Waals surface area contributed by atoms with Crippen molar-refractivity contribution < 1.29 is 14.3 Å². The fourth-order valence-electron chi connectivity index (χ4n) is 4.10. The van der Waals surface area contributed by atoms with Crippen molar-refractivity contribution in [2.24, 2.45) is 0 Å². The van der Waals surface area contributed by atoms with Crippen molar-refractivity contribution in [1.82, 2.24) is 9.88 Å². The number of ether oxygens (including phenoxy) is 2. The van der Waals surface area contributed by atoms with Crippen molar-refractivity contribution in [1.29, 1.82) is 0 Å². The van der Waals surface area contributed by atoms with Gasteiger partial charge < -0.3 is 19.4 Å². The van der Waals surface area contributed by atoms with E-state index in [9.17, 15) is 4.79 Å². The van der Waals surface area contributed by atoms with Gasteiger partial charge in [0.25, 0.3) is 0 Å². The van der Waals surface area contributed by atoms with Crippen LogP contribution in [-0.2, 0) is 0 Å². The van der Waals surface area contributed by atoms with E-state index >= 15 is 0 Å². The number of aromatic nitrogens is 1. The number of methoxy groups -OCH3 is 2. The van der Waals surface area contributed by atoms with Crippen LogP contribution in [0.4, 0.5) is 5.69 Å². The average molecular weight is 393 g/mol. The Morgan fingerprint density at radius 2 is 1.90 bits per heavy atom. The van der Waals surface area contributed by atoms with E-state index in [1.165, 1.54) is 0 Å². The first-order valence-corrected chi connectivity index (χ1v) is 9.90. The molecule has 1 fully saturated rings. The summed E-state index contributed by atoms with van der Waals surface area (Å²) < 4.78 is 10.7. The monoisotopic (exact) mass is 393 g/mol. The van der Waals surface area contributed by atoms with Gasteiger partial charge in [-0.15, -0.1) is 0 Å². The number of H-pyrrole nitrogens is 1. The Bertz CT molecular complexity index is 1010. The summed E-state index contributed by atoms with van der Waals surface area (Å²) in [5, 5.41) is 0.914. The summed E-state index contributed by atoms with van der Waals surface area (Å²) >= 11 is 0. The van der Waals surface area contributed by atoms with E-state index in [0.29, 0.717) is 12.6 Å². The summed E-state index contributed by atoms with van der Waals surface area (Å²) in [4.78, 5) is 20.8. The smallest absolute Gasteiger partial charge is 0.178 e. The van der Waals surface area contributed by atoms with Crippen molar-refractivity contribution in [2.75, 3.05) is 45.3 Å².